The summed E-state index contributed by atoms with van der Waals surface area (Å²) in [6, 6.07) is -0.560. The molecule has 0 unspecified atom stereocenters. The van der Waals surface area contributed by atoms with E-state index in [0.29, 0.717) is 18.9 Å². The zero-order valence-corrected chi connectivity index (χ0v) is 8.27. The highest BCUT2D eigenvalue weighted by atomic mass is 16.4. The Morgan fingerprint density at radius 3 is 2.57 bits per heavy atom. The molecule has 0 radical (unpaired) electrons. The van der Waals surface area contributed by atoms with E-state index in [4.69, 9.17) is 5.11 Å². The minimum absolute atomic E-state index is 0.0578. The predicted molar refractivity (Wildman–Crippen MR) is 49.6 cm³/mol. The van der Waals surface area contributed by atoms with Crippen LogP contribution in [0.1, 0.15) is 26.2 Å². The minimum Gasteiger partial charge on any atom is -0.480 e. The molecule has 0 aromatic rings. The number of likely N-dealkylation sites (tertiary alicyclic amines) is 1. The van der Waals surface area contributed by atoms with Crippen LogP contribution < -0.4 is 0 Å². The lowest BCUT2D eigenvalue weighted by molar-refractivity contribution is -0.148. The summed E-state index contributed by atoms with van der Waals surface area (Å²) >= 11 is 0. The number of aliphatic carboxylic acids is 1. The van der Waals surface area contributed by atoms with E-state index in [1.165, 1.54) is 0 Å². The molecule has 0 aromatic heterocycles. The lowest BCUT2D eigenvalue weighted by Crippen LogP contribution is -2.41. The van der Waals surface area contributed by atoms with E-state index in [0.717, 1.165) is 12.8 Å². The Morgan fingerprint density at radius 1 is 1.43 bits per heavy atom. The van der Waals surface area contributed by atoms with Crippen LogP contribution in [0.3, 0.4) is 0 Å². The van der Waals surface area contributed by atoms with Crippen LogP contribution in [0.4, 0.5) is 0 Å². The molecule has 1 amide bonds. The molecule has 2 rings (SSSR count). The number of carboxylic acid groups (broad SMARTS) is 1. The van der Waals surface area contributed by atoms with Crippen LogP contribution in [-0.2, 0) is 9.59 Å². The van der Waals surface area contributed by atoms with Gasteiger partial charge in [-0.3, -0.25) is 4.79 Å². The molecule has 0 bridgehead atoms. The summed E-state index contributed by atoms with van der Waals surface area (Å²) in [7, 11) is 0. The van der Waals surface area contributed by atoms with Gasteiger partial charge in [0, 0.05) is 12.5 Å². The minimum atomic E-state index is -0.857. The van der Waals surface area contributed by atoms with Crippen LogP contribution in [-0.4, -0.2) is 34.5 Å². The number of carbonyl (C=O) groups is 2. The molecule has 1 saturated heterocycles. The Balaban J connectivity index is 2.02. The first-order valence-electron chi connectivity index (χ1n) is 5.14. The van der Waals surface area contributed by atoms with E-state index in [1.807, 2.05) is 6.92 Å². The summed E-state index contributed by atoms with van der Waals surface area (Å²) in [5.41, 5.74) is 0. The molecule has 2 aliphatic rings. The van der Waals surface area contributed by atoms with Crippen molar-refractivity contribution < 1.29 is 14.7 Å². The molecular formula is C10H15NO3. The summed E-state index contributed by atoms with van der Waals surface area (Å²) in [5.74, 6) is -0.237. The summed E-state index contributed by atoms with van der Waals surface area (Å²) in [5, 5.41) is 8.91. The molecule has 1 N–H and O–H groups in total. The summed E-state index contributed by atoms with van der Waals surface area (Å²) in [4.78, 5) is 24.2. The van der Waals surface area contributed by atoms with Gasteiger partial charge in [0.25, 0.3) is 0 Å². The van der Waals surface area contributed by atoms with Crippen LogP contribution in [0.15, 0.2) is 0 Å². The second-order valence-electron chi connectivity index (χ2n) is 4.35. The molecule has 0 spiro atoms. The zero-order valence-electron chi connectivity index (χ0n) is 8.27. The van der Waals surface area contributed by atoms with E-state index < -0.39 is 12.0 Å². The highest BCUT2D eigenvalue weighted by Crippen LogP contribution is 2.40. The molecular weight excluding hydrogens is 182 g/mol. The third-order valence-electron chi connectivity index (χ3n) is 3.25. The number of hydrogen-bond donors (Lipinski definition) is 1. The number of carboxylic acids is 1. The average Bonchev–Trinajstić information content (AvgIpc) is 2.69. The molecule has 1 heterocycles. The van der Waals surface area contributed by atoms with Crippen molar-refractivity contribution in [1.82, 2.24) is 4.90 Å². The Hall–Kier alpha value is -1.06. The van der Waals surface area contributed by atoms with Gasteiger partial charge in [-0.1, -0.05) is 6.92 Å². The lowest BCUT2D eigenvalue weighted by Gasteiger charge is -2.21. The first-order valence-corrected chi connectivity index (χ1v) is 5.14. The van der Waals surface area contributed by atoms with Gasteiger partial charge in [0.2, 0.25) is 5.91 Å². The molecule has 2 fully saturated rings. The molecule has 4 heteroatoms. The van der Waals surface area contributed by atoms with Crippen LogP contribution in [0.25, 0.3) is 0 Å². The third kappa shape index (κ3) is 1.49. The van der Waals surface area contributed by atoms with Gasteiger partial charge in [-0.05, 0) is 25.2 Å². The van der Waals surface area contributed by atoms with Crippen molar-refractivity contribution in [3.05, 3.63) is 0 Å². The van der Waals surface area contributed by atoms with Gasteiger partial charge in [-0.2, -0.15) is 0 Å². The van der Waals surface area contributed by atoms with Crippen molar-refractivity contribution in [3.63, 3.8) is 0 Å². The topological polar surface area (TPSA) is 57.6 Å². The van der Waals surface area contributed by atoms with Gasteiger partial charge in [0.05, 0.1) is 0 Å². The lowest BCUT2D eigenvalue weighted by atomic mass is 10.2. The Kier molecular flexibility index (Phi) is 2.21. The van der Waals surface area contributed by atoms with Crippen molar-refractivity contribution in [2.75, 3.05) is 6.54 Å². The number of rotatable bonds is 2. The third-order valence-corrected chi connectivity index (χ3v) is 3.25. The smallest absolute Gasteiger partial charge is 0.326 e. The molecule has 78 valence electrons. The second-order valence-corrected chi connectivity index (χ2v) is 4.35. The largest absolute Gasteiger partial charge is 0.480 e. The quantitative estimate of drug-likeness (QED) is 0.709. The van der Waals surface area contributed by atoms with Crippen molar-refractivity contribution in [1.29, 1.82) is 0 Å². The maximum absolute atomic E-state index is 11.8. The highest BCUT2D eigenvalue weighted by molar-refractivity contribution is 5.87. The van der Waals surface area contributed by atoms with E-state index in [2.05, 4.69) is 0 Å². The first kappa shape index (κ1) is 9.49. The van der Waals surface area contributed by atoms with E-state index in [1.54, 1.807) is 4.90 Å². The summed E-state index contributed by atoms with van der Waals surface area (Å²) in [6.45, 7) is 2.66. The fourth-order valence-electron chi connectivity index (χ4n) is 2.17. The fourth-order valence-corrected chi connectivity index (χ4v) is 2.17. The summed E-state index contributed by atoms with van der Waals surface area (Å²) in [6.07, 6.45) is 2.37. The Labute approximate surface area is 82.9 Å². The van der Waals surface area contributed by atoms with Crippen LogP contribution in [0.5, 0.6) is 0 Å². The van der Waals surface area contributed by atoms with Gasteiger partial charge < -0.3 is 10.0 Å². The number of carbonyl (C=O) groups excluding carboxylic acids is 1. The average molecular weight is 197 g/mol. The first-order chi connectivity index (χ1) is 6.61. The van der Waals surface area contributed by atoms with Gasteiger partial charge in [-0.15, -0.1) is 0 Å². The zero-order chi connectivity index (χ0) is 10.3. The van der Waals surface area contributed by atoms with Crippen LogP contribution in [0, 0.1) is 11.8 Å². The van der Waals surface area contributed by atoms with Crippen LogP contribution in [0.2, 0.25) is 0 Å². The molecule has 0 aromatic carbocycles. The van der Waals surface area contributed by atoms with E-state index in [9.17, 15) is 9.59 Å². The van der Waals surface area contributed by atoms with Crippen LogP contribution >= 0.6 is 0 Å². The summed E-state index contributed by atoms with van der Waals surface area (Å²) < 4.78 is 0. The Bertz CT molecular complexity index is 277. The van der Waals surface area contributed by atoms with Crippen molar-refractivity contribution in [2.45, 2.75) is 32.2 Å². The number of nitrogens with zero attached hydrogens (tertiary/aromatic N) is 1. The molecule has 4 nitrogen and oxygen atoms in total. The van der Waals surface area contributed by atoms with E-state index in [-0.39, 0.29) is 11.8 Å². The maximum atomic E-state index is 11.8. The van der Waals surface area contributed by atoms with Crippen molar-refractivity contribution in [3.8, 4) is 0 Å². The molecule has 1 aliphatic carbocycles. The second kappa shape index (κ2) is 3.26. The fraction of sp³-hybridized carbons (Fsp3) is 0.800. The normalized spacial score (nSPS) is 35.8. The van der Waals surface area contributed by atoms with Gasteiger partial charge in [-0.25, -0.2) is 4.79 Å². The molecule has 3 atom stereocenters. The standard InChI is InChI=1S/C10H15NO3/c1-6-5-7(6)9(12)11-4-2-3-8(11)10(13)14/h6-8H,2-5H2,1H3,(H,13,14)/t6-,7-,8-/m1/s1. The molecule has 14 heavy (non-hydrogen) atoms. The molecule has 1 aliphatic heterocycles. The SMILES string of the molecule is C[C@@H]1C[C@H]1C(=O)N1CCC[C@@H]1C(=O)O. The monoisotopic (exact) mass is 197 g/mol. The van der Waals surface area contributed by atoms with Crippen molar-refractivity contribution in [2.24, 2.45) is 11.8 Å². The van der Waals surface area contributed by atoms with Gasteiger partial charge >= 0.3 is 5.97 Å². The highest BCUT2D eigenvalue weighted by Gasteiger charge is 2.45. The van der Waals surface area contributed by atoms with Gasteiger partial charge in [0.15, 0.2) is 0 Å². The Morgan fingerprint density at radius 2 is 2.07 bits per heavy atom. The maximum Gasteiger partial charge on any atom is 0.326 e. The van der Waals surface area contributed by atoms with Gasteiger partial charge in [0.1, 0.15) is 6.04 Å². The van der Waals surface area contributed by atoms with Crippen molar-refractivity contribution >= 4 is 11.9 Å². The number of amides is 1. The number of hydrogen-bond acceptors (Lipinski definition) is 2. The van der Waals surface area contributed by atoms with E-state index >= 15 is 0 Å². The predicted octanol–water partition coefficient (Wildman–Crippen LogP) is 0.718. The molecule has 1 saturated carbocycles.